The van der Waals surface area contributed by atoms with Gasteiger partial charge >= 0.3 is 5.97 Å². The van der Waals surface area contributed by atoms with Gasteiger partial charge in [0.1, 0.15) is 0 Å². The summed E-state index contributed by atoms with van der Waals surface area (Å²) in [6.45, 7) is 1.83. The minimum absolute atomic E-state index is 0.0122. The number of ether oxygens (including phenoxy) is 1. The largest absolute Gasteiger partial charge is 0.466 e. The van der Waals surface area contributed by atoms with Crippen LogP contribution in [0.3, 0.4) is 0 Å². The molecule has 2 N–H and O–H groups in total. The highest BCUT2D eigenvalue weighted by atomic mass is 16.6. The van der Waals surface area contributed by atoms with E-state index in [-0.39, 0.29) is 17.8 Å². The molecule has 0 saturated carbocycles. The monoisotopic (exact) mass is 250 g/mol. The summed E-state index contributed by atoms with van der Waals surface area (Å²) in [5.74, 6) is -0.581. The molecule has 0 heterocycles. The first-order valence-corrected chi connectivity index (χ1v) is 5.22. The van der Waals surface area contributed by atoms with E-state index in [4.69, 9.17) is 5.73 Å². The molecule has 18 heavy (non-hydrogen) atoms. The molecule has 0 aromatic heterocycles. The van der Waals surface area contributed by atoms with Crippen LogP contribution in [0.4, 0.5) is 5.69 Å². The van der Waals surface area contributed by atoms with Crippen LogP contribution in [-0.2, 0) is 16.0 Å². The summed E-state index contributed by atoms with van der Waals surface area (Å²) in [6, 6.07) is 4.76. The van der Waals surface area contributed by atoms with Crippen LogP contribution in [0.5, 0.6) is 0 Å². The molecule has 0 aliphatic heterocycles. The van der Waals surface area contributed by atoms with E-state index in [1.165, 1.54) is 13.2 Å². The maximum absolute atomic E-state index is 11.0. The number of rotatable bonds is 4. The summed E-state index contributed by atoms with van der Waals surface area (Å²) in [6.07, 6.45) is 1.25. The van der Waals surface area contributed by atoms with E-state index in [2.05, 4.69) is 4.74 Å². The summed E-state index contributed by atoms with van der Waals surface area (Å²) in [7, 11) is 1.24. The minimum Gasteiger partial charge on any atom is -0.466 e. The smallest absolute Gasteiger partial charge is 0.332 e. The summed E-state index contributed by atoms with van der Waals surface area (Å²) >= 11 is 0. The van der Waals surface area contributed by atoms with Gasteiger partial charge in [-0.3, -0.25) is 10.1 Å². The molecule has 1 rings (SSSR count). The molecule has 6 heteroatoms. The third kappa shape index (κ3) is 3.58. The van der Waals surface area contributed by atoms with Gasteiger partial charge in [0.05, 0.1) is 12.0 Å². The summed E-state index contributed by atoms with van der Waals surface area (Å²) in [5, 5.41) is 10.8. The molecule has 0 aliphatic rings. The normalized spacial score (nSPS) is 11.1. The number of nitrogens with zero attached hydrogens (tertiary/aromatic N) is 1. The number of hydrogen-bond acceptors (Lipinski definition) is 5. The molecule has 0 spiro atoms. The van der Waals surface area contributed by atoms with Gasteiger partial charge in [0.2, 0.25) is 0 Å². The zero-order valence-corrected chi connectivity index (χ0v) is 10.2. The molecule has 0 aliphatic carbocycles. The SMILES string of the molecule is COC(=O)C=C(N)Cc1cc(C)ccc1[N+](=O)[O-]. The molecular weight excluding hydrogens is 236 g/mol. The number of hydrogen-bond donors (Lipinski definition) is 1. The van der Waals surface area contributed by atoms with Crippen LogP contribution in [0.2, 0.25) is 0 Å². The zero-order chi connectivity index (χ0) is 13.7. The summed E-state index contributed by atoms with van der Waals surface area (Å²) < 4.78 is 4.43. The molecule has 0 fully saturated rings. The highest BCUT2D eigenvalue weighted by molar-refractivity contribution is 5.82. The Morgan fingerprint density at radius 3 is 2.78 bits per heavy atom. The molecule has 0 radical (unpaired) electrons. The van der Waals surface area contributed by atoms with Crippen molar-refractivity contribution in [1.29, 1.82) is 0 Å². The molecule has 0 unspecified atom stereocenters. The number of nitro groups is 1. The van der Waals surface area contributed by atoms with E-state index >= 15 is 0 Å². The van der Waals surface area contributed by atoms with Gasteiger partial charge in [0, 0.05) is 29.8 Å². The fourth-order valence-corrected chi connectivity index (χ4v) is 1.52. The van der Waals surface area contributed by atoms with Gasteiger partial charge in [-0.15, -0.1) is 0 Å². The Hall–Kier alpha value is -2.37. The highest BCUT2D eigenvalue weighted by Gasteiger charge is 2.14. The van der Waals surface area contributed by atoms with Crippen LogP contribution < -0.4 is 5.73 Å². The van der Waals surface area contributed by atoms with Crippen molar-refractivity contribution in [2.75, 3.05) is 7.11 Å². The molecular formula is C12H14N2O4. The van der Waals surface area contributed by atoms with Crippen molar-refractivity contribution in [3.63, 3.8) is 0 Å². The molecule has 0 bridgehead atoms. The third-order valence-corrected chi connectivity index (χ3v) is 2.33. The predicted molar refractivity (Wildman–Crippen MR) is 65.8 cm³/mol. The second kappa shape index (κ2) is 5.81. The van der Waals surface area contributed by atoms with Gasteiger partial charge < -0.3 is 10.5 Å². The average molecular weight is 250 g/mol. The molecule has 1 aromatic rings. The van der Waals surface area contributed by atoms with Gasteiger partial charge in [-0.25, -0.2) is 4.79 Å². The Morgan fingerprint density at radius 1 is 1.56 bits per heavy atom. The van der Waals surface area contributed by atoms with Gasteiger partial charge in [0.15, 0.2) is 0 Å². The van der Waals surface area contributed by atoms with Gasteiger partial charge in [-0.05, 0) is 13.0 Å². The van der Waals surface area contributed by atoms with Crippen LogP contribution in [-0.4, -0.2) is 18.0 Å². The number of methoxy groups -OCH3 is 1. The lowest BCUT2D eigenvalue weighted by Gasteiger charge is -2.04. The number of nitro benzene ring substituents is 1. The van der Waals surface area contributed by atoms with Crippen molar-refractivity contribution < 1.29 is 14.5 Å². The Balaban J connectivity index is 3.03. The standard InChI is InChI=1S/C12H14N2O4/c1-8-3-4-11(14(16)17)9(5-8)6-10(13)7-12(15)18-2/h3-5,7H,6,13H2,1-2H3. The molecule has 6 nitrogen and oxygen atoms in total. The number of carbonyl (C=O) groups excluding carboxylic acids is 1. The Kier molecular flexibility index (Phi) is 4.42. The Bertz CT molecular complexity index is 509. The quantitative estimate of drug-likeness (QED) is 0.378. The number of esters is 1. The molecule has 1 aromatic carbocycles. The van der Waals surface area contributed by atoms with Gasteiger partial charge in [-0.1, -0.05) is 11.6 Å². The van der Waals surface area contributed by atoms with Crippen molar-refractivity contribution in [3.8, 4) is 0 Å². The fraction of sp³-hybridized carbons (Fsp3) is 0.250. The number of nitrogens with two attached hydrogens (primary N) is 1. The van der Waals surface area contributed by atoms with Gasteiger partial charge in [0.25, 0.3) is 5.69 Å². The lowest BCUT2D eigenvalue weighted by Crippen LogP contribution is -2.08. The maximum atomic E-state index is 11.0. The predicted octanol–water partition coefficient (Wildman–Crippen LogP) is 1.46. The van der Waals surface area contributed by atoms with Gasteiger partial charge in [-0.2, -0.15) is 0 Å². The lowest BCUT2D eigenvalue weighted by molar-refractivity contribution is -0.385. The van der Waals surface area contributed by atoms with E-state index in [1.54, 1.807) is 12.1 Å². The second-order valence-electron chi connectivity index (χ2n) is 3.81. The zero-order valence-electron chi connectivity index (χ0n) is 10.2. The maximum Gasteiger partial charge on any atom is 0.332 e. The van der Waals surface area contributed by atoms with Crippen molar-refractivity contribution in [3.05, 3.63) is 51.2 Å². The first-order valence-electron chi connectivity index (χ1n) is 5.22. The molecule has 96 valence electrons. The van der Waals surface area contributed by atoms with Crippen molar-refractivity contribution in [2.24, 2.45) is 5.73 Å². The van der Waals surface area contributed by atoms with Crippen molar-refractivity contribution in [2.45, 2.75) is 13.3 Å². The van der Waals surface area contributed by atoms with Crippen molar-refractivity contribution >= 4 is 11.7 Å². The highest BCUT2D eigenvalue weighted by Crippen LogP contribution is 2.21. The van der Waals surface area contributed by atoms with E-state index in [9.17, 15) is 14.9 Å². The number of benzene rings is 1. The van der Waals surface area contributed by atoms with Crippen LogP contribution >= 0.6 is 0 Å². The van der Waals surface area contributed by atoms with Crippen molar-refractivity contribution in [1.82, 2.24) is 0 Å². The van der Waals surface area contributed by atoms with Crippen LogP contribution in [0, 0.1) is 17.0 Å². The number of aryl methyl sites for hydroxylation is 1. The third-order valence-electron chi connectivity index (χ3n) is 2.33. The summed E-state index contributed by atoms with van der Waals surface area (Å²) in [5.41, 5.74) is 7.21. The number of allylic oxidation sites excluding steroid dienone is 1. The number of carbonyl (C=O) groups is 1. The lowest BCUT2D eigenvalue weighted by atomic mass is 10.0. The molecule has 0 amide bonds. The van der Waals surface area contributed by atoms with Crippen LogP contribution in [0.1, 0.15) is 11.1 Å². The van der Waals surface area contributed by atoms with E-state index in [1.807, 2.05) is 6.92 Å². The van der Waals surface area contributed by atoms with Crippen LogP contribution in [0.25, 0.3) is 0 Å². The van der Waals surface area contributed by atoms with Crippen LogP contribution in [0.15, 0.2) is 30.0 Å². The topological polar surface area (TPSA) is 95.5 Å². The Labute approximate surface area is 104 Å². The molecule has 0 saturated heterocycles. The van der Waals surface area contributed by atoms with E-state index in [0.717, 1.165) is 11.6 Å². The summed E-state index contributed by atoms with van der Waals surface area (Å²) in [4.78, 5) is 21.4. The second-order valence-corrected chi connectivity index (χ2v) is 3.81. The first kappa shape index (κ1) is 13.7. The van der Waals surface area contributed by atoms with E-state index in [0.29, 0.717) is 5.56 Å². The minimum atomic E-state index is -0.581. The Morgan fingerprint density at radius 2 is 2.22 bits per heavy atom. The van der Waals surface area contributed by atoms with E-state index < -0.39 is 10.9 Å². The first-order chi connectivity index (χ1) is 8.43. The fourth-order valence-electron chi connectivity index (χ4n) is 1.52. The molecule has 0 atom stereocenters. The average Bonchev–Trinajstić information content (AvgIpc) is 2.28.